The van der Waals surface area contributed by atoms with Crippen molar-refractivity contribution in [3.63, 3.8) is 0 Å². The summed E-state index contributed by atoms with van der Waals surface area (Å²) in [4.78, 5) is 9.63. The Morgan fingerprint density at radius 2 is 0.978 bits per heavy atom. The molecule has 0 atom stereocenters. The van der Waals surface area contributed by atoms with Gasteiger partial charge in [0.15, 0.2) is 0 Å². The quantitative estimate of drug-likeness (QED) is 0.112. The number of halogens is 1. The number of hydrogen-bond acceptors (Lipinski definition) is 4. The number of aromatic nitrogens is 4. The topological polar surface area (TPSA) is 59.7 Å². The highest BCUT2D eigenvalue weighted by Crippen LogP contribution is 2.32. The van der Waals surface area contributed by atoms with Gasteiger partial charge in [0.2, 0.25) is 0 Å². The molecule has 2 aromatic carbocycles. The van der Waals surface area contributed by atoms with Gasteiger partial charge in [-0.25, -0.2) is 0 Å². The molecule has 0 saturated heterocycles. The first-order valence-electron chi connectivity index (χ1n) is 16.6. The Hall–Kier alpha value is -3.45. The third-order valence-corrected chi connectivity index (χ3v) is 8.65. The molecule has 6 aromatic rings. The van der Waals surface area contributed by atoms with Gasteiger partial charge in [0.25, 0.3) is 0 Å². The van der Waals surface area contributed by atoms with E-state index in [4.69, 9.17) is 9.97 Å². The molecule has 7 heteroatoms. The third kappa shape index (κ3) is 7.19. The predicted octanol–water partition coefficient (Wildman–Crippen LogP) is 8.87. The van der Waals surface area contributed by atoms with Crippen LogP contribution in [0, 0.1) is 11.8 Å². The second-order valence-electron chi connectivity index (χ2n) is 13.1. The third-order valence-electron chi connectivity index (χ3n) is 8.65. The van der Waals surface area contributed by atoms with Crippen molar-refractivity contribution in [3.05, 3.63) is 84.4 Å². The highest BCUT2D eigenvalue weighted by atomic mass is 35.5. The average Bonchev–Trinajstić information content (AvgIpc) is 3.51. The fraction of sp³-hybridized carbons (Fsp3) is 0.421. The Morgan fingerprint density at radius 3 is 1.40 bits per heavy atom. The van der Waals surface area contributed by atoms with Crippen LogP contribution >= 0.6 is 12.4 Å². The molecule has 0 aliphatic heterocycles. The number of benzene rings is 2. The Kier molecular flexibility index (Phi) is 11.1. The molecule has 0 radical (unpaired) electrons. The summed E-state index contributed by atoms with van der Waals surface area (Å²) in [6, 6.07) is 21.9. The number of hydrogen-bond donors (Lipinski definition) is 2. The van der Waals surface area contributed by atoms with Gasteiger partial charge in [-0.2, -0.15) is 0 Å². The van der Waals surface area contributed by atoms with Crippen LogP contribution in [0.1, 0.15) is 64.8 Å². The Morgan fingerprint density at radius 1 is 0.556 bits per heavy atom. The number of rotatable bonds is 15. The van der Waals surface area contributed by atoms with Gasteiger partial charge < -0.3 is 19.8 Å². The van der Waals surface area contributed by atoms with Crippen molar-refractivity contribution in [1.29, 1.82) is 0 Å². The lowest BCUT2D eigenvalue weighted by Gasteiger charge is -2.13. The zero-order valence-corrected chi connectivity index (χ0v) is 28.2. The minimum absolute atomic E-state index is 0. The average molecular weight is 625 g/mol. The van der Waals surface area contributed by atoms with Crippen LogP contribution in [0.4, 0.5) is 0 Å². The molecule has 0 aliphatic carbocycles. The van der Waals surface area contributed by atoms with E-state index >= 15 is 0 Å². The van der Waals surface area contributed by atoms with Gasteiger partial charge in [-0.05, 0) is 62.0 Å². The zero-order valence-electron chi connectivity index (χ0n) is 27.4. The van der Waals surface area contributed by atoms with Gasteiger partial charge in [0.05, 0.1) is 22.4 Å². The zero-order chi connectivity index (χ0) is 30.5. The maximum atomic E-state index is 4.82. The van der Waals surface area contributed by atoms with E-state index in [1.807, 2.05) is 12.4 Å². The van der Waals surface area contributed by atoms with E-state index in [0.29, 0.717) is 11.8 Å². The van der Waals surface area contributed by atoms with Crippen molar-refractivity contribution in [1.82, 2.24) is 29.7 Å². The van der Waals surface area contributed by atoms with Crippen LogP contribution in [0.3, 0.4) is 0 Å². The van der Waals surface area contributed by atoms with E-state index in [1.54, 1.807) is 0 Å². The lowest BCUT2D eigenvalue weighted by atomic mass is 10.1. The summed E-state index contributed by atoms with van der Waals surface area (Å²) < 4.78 is 4.96. The molecule has 6 nitrogen and oxygen atoms in total. The van der Waals surface area contributed by atoms with Crippen LogP contribution in [0.2, 0.25) is 0 Å². The van der Waals surface area contributed by atoms with Crippen molar-refractivity contribution in [2.45, 2.75) is 79.6 Å². The van der Waals surface area contributed by atoms with E-state index in [-0.39, 0.29) is 12.4 Å². The molecule has 0 unspecified atom stereocenters. The van der Waals surface area contributed by atoms with E-state index in [0.717, 1.165) is 50.7 Å². The van der Waals surface area contributed by atoms with Crippen LogP contribution < -0.4 is 10.6 Å². The summed E-state index contributed by atoms with van der Waals surface area (Å²) in [7, 11) is 0. The molecule has 2 N–H and O–H groups in total. The molecule has 0 spiro atoms. The molecular formula is C38H49ClN6. The maximum Gasteiger partial charge on any atom is 0.0784 e. The van der Waals surface area contributed by atoms with Crippen molar-refractivity contribution < 1.29 is 0 Å². The first-order valence-corrected chi connectivity index (χ1v) is 16.6. The van der Waals surface area contributed by atoms with Gasteiger partial charge in [0.1, 0.15) is 0 Å². The maximum absolute atomic E-state index is 4.82. The summed E-state index contributed by atoms with van der Waals surface area (Å²) in [5.41, 5.74) is 7.50. The molecule has 0 fully saturated rings. The number of pyridine rings is 2. The van der Waals surface area contributed by atoms with Crippen molar-refractivity contribution >= 4 is 56.0 Å². The van der Waals surface area contributed by atoms with Crippen LogP contribution in [0.15, 0.2) is 73.1 Å². The number of nitrogens with zero attached hydrogens (tertiary/aromatic N) is 4. The lowest BCUT2D eigenvalue weighted by molar-refractivity contribution is 0.539. The standard InChI is InChI=1S/C38H48N6.ClH/c1-27(2)25-43-35-15-9-7-13-29(35)31-17-21-41-33(37(31)43)23-39-19-11-5-6-12-20-40-24-34-38-32(18-22-42-34)30-14-8-10-16-36(30)44(38)26-28(3)4;/h7-10,13-18,21-22,27-28,39-40H,5-6,11-12,19-20,23-26H2,1-4H3;1H. The fourth-order valence-corrected chi connectivity index (χ4v) is 6.78. The van der Waals surface area contributed by atoms with E-state index in [9.17, 15) is 0 Å². The molecule has 4 heterocycles. The van der Waals surface area contributed by atoms with Crippen molar-refractivity contribution in [3.8, 4) is 0 Å². The molecule has 0 bridgehead atoms. The fourth-order valence-electron chi connectivity index (χ4n) is 6.78. The molecular weight excluding hydrogens is 576 g/mol. The van der Waals surface area contributed by atoms with Crippen molar-refractivity contribution in [2.24, 2.45) is 11.8 Å². The van der Waals surface area contributed by atoms with Crippen LogP contribution in [-0.2, 0) is 26.2 Å². The summed E-state index contributed by atoms with van der Waals surface area (Å²) in [6.45, 7) is 14.8. The second-order valence-corrected chi connectivity index (χ2v) is 13.1. The molecule has 238 valence electrons. The Labute approximate surface area is 274 Å². The Balaban J connectivity index is 0.00000400. The first-order chi connectivity index (χ1) is 21.5. The molecule has 4 aromatic heterocycles. The molecule has 0 aliphatic rings. The number of fused-ring (bicyclic) bond motifs is 6. The molecule has 45 heavy (non-hydrogen) atoms. The second kappa shape index (κ2) is 15.2. The van der Waals surface area contributed by atoms with Gasteiger partial charge in [-0.3, -0.25) is 9.97 Å². The summed E-state index contributed by atoms with van der Waals surface area (Å²) in [6.07, 6.45) is 8.77. The highest BCUT2D eigenvalue weighted by Gasteiger charge is 2.16. The lowest BCUT2D eigenvalue weighted by Crippen LogP contribution is -2.18. The largest absolute Gasteiger partial charge is 0.339 e. The van der Waals surface area contributed by atoms with E-state index < -0.39 is 0 Å². The van der Waals surface area contributed by atoms with Gasteiger partial charge in [-0.15, -0.1) is 12.4 Å². The highest BCUT2D eigenvalue weighted by molar-refractivity contribution is 6.09. The minimum Gasteiger partial charge on any atom is -0.339 e. The first kappa shape index (κ1) is 32.9. The summed E-state index contributed by atoms with van der Waals surface area (Å²) in [5.74, 6) is 1.15. The number of para-hydroxylation sites is 2. The molecule has 0 saturated carbocycles. The summed E-state index contributed by atoms with van der Waals surface area (Å²) >= 11 is 0. The predicted molar refractivity (Wildman–Crippen MR) is 193 cm³/mol. The smallest absolute Gasteiger partial charge is 0.0784 e. The van der Waals surface area contributed by atoms with Crippen molar-refractivity contribution in [2.75, 3.05) is 13.1 Å². The van der Waals surface area contributed by atoms with Gasteiger partial charge in [-0.1, -0.05) is 76.9 Å². The minimum atomic E-state index is 0. The number of nitrogens with one attached hydrogen (secondary N) is 2. The van der Waals surface area contributed by atoms with Crippen LogP contribution in [-0.4, -0.2) is 32.2 Å². The van der Waals surface area contributed by atoms with Crippen LogP contribution in [0.5, 0.6) is 0 Å². The molecule has 6 rings (SSSR count). The summed E-state index contributed by atoms with van der Waals surface area (Å²) in [5, 5.41) is 12.6. The van der Waals surface area contributed by atoms with Crippen LogP contribution in [0.25, 0.3) is 43.6 Å². The van der Waals surface area contributed by atoms with Gasteiger partial charge in [0, 0.05) is 71.2 Å². The molecule has 0 amide bonds. The Bertz CT molecular complexity index is 1710. The van der Waals surface area contributed by atoms with Gasteiger partial charge >= 0.3 is 0 Å². The van der Waals surface area contributed by atoms with E-state index in [2.05, 4.69) is 108 Å². The normalized spacial score (nSPS) is 12.0. The number of unbranched alkanes of at least 4 members (excludes halogenated alkanes) is 3. The van der Waals surface area contributed by atoms with E-state index in [1.165, 1.54) is 69.3 Å². The monoisotopic (exact) mass is 624 g/mol. The SMILES string of the molecule is CC(C)Cn1c2ccccc2c2ccnc(CNCCCCCCNCc3nccc4c5ccccc5n(CC(C)C)c34)c21.Cl.